The second-order valence-corrected chi connectivity index (χ2v) is 5.49. The Hall–Kier alpha value is -0.820. The van der Waals surface area contributed by atoms with Crippen LogP contribution < -0.4 is 0 Å². The van der Waals surface area contributed by atoms with Crippen LogP contribution in [0.2, 0.25) is 0 Å². The first-order valence-electron chi connectivity index (χ1n) is 6.58. The third-order valence-corrected chi connectivity index (χ3v) is 4.59. The smallest absolute Gasteiger partial charge is 0.0319 e. The van der Waals surface area contributed by atoms with Gasteiger partial charge in [0, 0.05) is 12.6 Å². The normalized spacial score (nSPS) is 26.2. The van der Waals surface area contributed by atoms with Gasteiger partial charge in [-0.05, 0) is 55.8 Å². The van der Waals surface area contributed by atoms with Gasteiger partial charge in [-0.25, -0.2) is 0 Å². The highest BCUT2D eigenvalue weighted by molar-refractivity contribution is 5.37. The molecule has 86 valence electrons. The van der Waals surface area contributed by atoms with Crippen LogP contribution in [0.3, 0.4) is 0 Å². The molecule has 1 aliphatic carbocycles. The largest absolute Gasteiger partial charge is 0.299 e. The van der Waals surface area contributed by atoms with Crippen LogP contribution in [0.15, 0.2) is 18.2 Å². The molecule has 2 aliphatic rings. The summed E-state index contributed by atoms with van der Waals surface area (Å²) in [5, 5.41) is 0. The van der Waals surface area contributed by atoms with Crippen molar-refractivity contribution in [2.24, 2.45) is 0 Å². The van der Waals surface area contributed by atoms with Gasteiger partial charge < -0.3 is 0 Å². The summed E-state index contributed by atoms with van der Waals surface area (Å²) >= 11 is 0. The summed E-state index contributed by atoms with van der Waals surface area (Å²) in [5.74, 6) is 0.875. The minimum Gasteiger partial charge on any atom is -0.299 e. The Morgan fingerprint density at radius 1 is 1.25 bits per heavy atom. The Labute approximate surface area is 98.5 Å². The maximum Gasteiger partial charge on any atom is 0.0319 e. The fourth-order valence-electron chi connectivity index (χ4n) is 2.97. The zero-order chi connectivity index (χ0) is 11.1. The van der Waals surface area contributed by atoms with Crippen LogP contribution in [-0.4, -0.2) is 18.5 Å². The van der Waals surface area contributed by atoms with E-state index in [1.54, 1.807) is 16.7 Å². The SMILES string of the molecule is CC1c2ccc(C3CCC3)cc2CCN1C. The van der Waals surface area contributed by atoms with Gasteiger partial charge in [0.25, 0.3) is 0 Å². The van der Waals surface area contributed by atoms with E-state index in [4.69, 9.17) is 0 Å². The Kier molecular flexibility index (Phi) is 2.51. The van der Waals surface area contributed by atoms with Gasteiger partial charge in [-0.2, -0.15) is 0 Å². The van der Waals surface area contributed by atoms with Gasteiger partial charge in [0.15, 0.2) is 0 Å². The molecule has 1 atom stereocenters. The number of fused-ring (bicyclic) bond motifs is 1. The summed E-state index contributed by atoms with van der Waals surface area (Å²) in [5.41, 5.74) is 4.76. The van der Waals surface area contributed by atoms with E-state index in [0.717, 1.165) is 5.92 Å². The molecule has 0 N–H and O–H groups in total. The van der Waals surface area contributed by atoms with Crippen LogP contribution in [0.1, 0.15) is 54.8 Å². The molecule has 0 spiro atoms. The quantitative estimate of drug-likeness (QED) is 0.693. The molecule has 1 fully saturated rings. The van der Waals surface area contributed by atoms with Crippen LogP contribution in [0.5, 0.6) is 0 Å². The summed E-state index contributed by atoms with van der Waals surface area (Å²) in [6.07, 6.45) is 5.49. The average Bonchev–Trinajstić information content (AvgIpc) is 2.21. The molecule has 1 heteroatoms. The van der Waals surface area contributed by atoms with Crippen molar-refractivity contribution >= 4 is 0 Å². The fraction of sp³-hybridized carbons (Fsp3) is 0.600. The second-order valence-electron chi connectivity index (χ2n) is 5.49. The molecule has 3 rings (SSSR count). The third-order valence-electron chi connectivity index (χ3n) is 4.59. The zero-order valence-electron chi connectivity index (χ0n) is 10.4. The van der Waals surface area contributed by atoms with Crippen molar-refractivity contribution in [3.8, 4) is 0 Å². The minimum absolute atomic E-state index is 0.596. The van der Waals surface area contributed by atoms with Crippen molar-refractivity contribution < 1.29 is 0 Å². The van der Waals surface area contributed by atoms with E-state index < -0.39 is 0 Å². The molecule has 1 nitrogen and oxygen atoms in total. The lowest BCUT2D eigenvalue weighted by molar-refractivity contribution is 0.247. The molecule has 1 heterocycles. The first-order valence-corrected chi connectivity index (χ1v) is 6.58. The highest BCUT2D eigenvalue weighted by Crippen LogP contribution is 2.38. The number of benzene rings is 1. The summed E-state index contributed by atoms with van der Waals surface area (Å²) < 4.78 is 0. The van der Waals surface area contributed by atoms with Gasteiger partial charge in [0.2, 0.25) is 0 Å². The Balaban J connectivity index is 1.93. The van der Waals surface area contributed by atoms with Crippen molar-refractivity contribution in [3.05, 3.63) is 34.9 Å². The molecule has 1 aromatic rings. The van der Waals surface area contributed by atoms with E-state index in [9.17, 15) is 0 Å². The molecule has 0 amide bonds. The number of rotatable bonds is 1. The predicted molar refractivity (Wildman–Crippen MR) is 67.8 cm³/mol. The lowest BCUT2D eigenvalue weighted by Crippen LogP contribution is -2.30. The first-order chi connectivity index (χ1) is 7.75. The van der Waals surface area contributed by atoms with E-state index in [1.807, 2.05) is 0 Å². The third kappa shape index (κ3) is 1.58. The highest BCUT2D eigenvalue weighted by atomic mass is 15.1. The molecule has 0 bridgehead atoms. The van der Waals surface area contributed by atoms with E-state index >= 15 is 0 Å². The molecule has 0 aromatic heterocycles. The number of likely N-dealkylation sites (N-methyl/N-ethyl adjacent to an activating group) is 1. The summed E-state index contributed by atoms with van der Waals surface area (Å²) in [7, 11) is 2.23. The molecule has 1 saturated carbocycles. The first kappa shape index (κ1) is 10.3. The van der Waals surface area contributed by atoms with Crippen LogP contribution >= 0.6 is 0 Å². The van der Waals surface area contributed by atoms with Crippen LogP contribution in [0.4, 0.5) is 0 Å². The van der Waals surface area contributed by atoms with Crippen LogP contribution in [0, 0.1) is 0 Å². The molecule has 1 unspecified atom stereocenters. The van der Waals surface area contributed by atoms with E-state index in [1.165, 1.54) is 32.2 Å². The van der Waals surface area contributed by atoms with Crippen molar-refractivity contribution in [1.82, 2.24) is 4.90 Å². The summed E-state index contributed by atoms with van der Waals surface area (Å²) in [6, 6.07) is 7.84. The van der Waals surface area contributed by atoms with E-state index in [2.05, 4.69) is 37.1 Å². The maximum atomic E-state index is 2.49. The Morgan fingerprint density at radius 3 is 2.75 bits per heavy atom. The topological polar surface area (TPSA) is 3.24 Å². The van der Waals surface area contributed by atoms with E-state index in [-0.39, 0.29) is 0 Å². The molecular formula is C15H21N. The molecular weight excluding hydrogens is 194 g/mol. The molecule has 1 aromatic carbocycles. The summed E-state index contributed by atoms with van der Waals surface area (Å²) in [4.78, 5) is 2.45. The lowest BCUT2D eigenvalue weighted by Gasteiger charge is -2.34. The van der Waals surface area contributed by atoms with E-state index in [0.29, 0.717) is 6.04 Å². The van der Waals surface area contributed by atoms with Crippen molar-refractivity contribution in [1.29, 1.82) is 0 Å². The predicted octanol–water partition coefficient (Wildman–Crippen LogP) is 3.50. The van der Waals surface area contributed by atoms with Crippen molar-refractivity contribution in [3.63, 3.8) is 0 Å². The van der Waals surface area contributed by atoms with Gasteiger partial charge >= 0.3 is 0 Å². The van der Waals surface area contributed by atoms with Crippen molar-refractivity contribution in [2.75, 3.05) is 13.6 Å². The molecule has 0 radical (unpaired) electrons. The average molecular weight is 215 g/mol. The van der Waals surface area contributed by atoms with Gasteiger partial charge in [-0.3, -0.25) is 4.90 Å². The zero-order valence-corrected chi connectivity index (χ0v) is 10.4. The van der Waals surface area contributed by atoms with Gasteiger partial charge in [0.1, 0.15) is 0 Å². The maximum absolute atomic E-state index is 2.49. The van der Waals surface area contributed by atoms with Gasteiger partial charge in [-0.1, -0.05) is 24.6 Å². The minimum atomic E-state index is 0.596. The molecule has 0 saturated heterocycles. The number of nitrogens with zero attached hydrogens (tertiary/aromatic N) is 1. The van der Waals surface area contributed by atoms with Crippen LogP contribution in [0.25, 0.3) is 0 Å². The standard InChI is InChI=1S/C15H21N/c1-11-15-7-6-13(12-4-3-5-12)10-14(15)8-9-16(11)2/h6-7,10-12H,3-5,8-9H2,1-2H3. The number of hydrogen-bond acceptors (Lipinski definition) is 1. The molecule has 1 aliphatic heterocycles. The lowest BCUT2D eigenvalue weighted by atomic mass is 9.78. The van der Waals surface area contributed by atoms with Crippen LogP contribution in [-0.2, 0) is 6.42 Å². The van der Waals surface area contributed by atoms with Gasteiger partial charge in [-0.15, -0.1) is 0 Å². The Morgan fingerprint density at radius 2 is 2.06 bits per heavy atom. The number of hydrogen-bond donors (Lipinski definition) is 0. The summed E-state index contributed by atoms with van der Waals surface area (Å²) in [6.45, 7) is 3.53. The second kappa shape index (κ2) is 3.89. The fourth-order valence-corrected chi connectivity index (χ4v) is 2.97. The molecule has 16 heavy (non-hydrogen) atoms. The Bertz CT molecular complexity index is 392. The monoisotopic (exact) mass is 215 g/mol. The van der Waals surface area contributed by atoms with Crippen molar-refractivity contribution in [2.45, 2.75) is 44.6 Å². The highest BCUT2D eigenvalue weighted by Gasteiger charge is 2.24. The van der Waals surface area contributed by atoms with Gasteiger partial charge in [0.05, 0.1) is 0 Å².